The summed E-state index contributed by atoms with van der Waals surface area (Å²) in [5.74, 6) is 1.21. The molecule has 0 bridgehead atoms. The maximum Gasteiger partial charge on any atom is 0.249 e. The Morgan fingerprint density at radius 3 is 2.63 bits per heavy atom. The molecule has 3 aromatic carbocycles. The van der Waals surface area contributed by atoms with E-state index in [4.69, 9.17) is 16.3 Å². The molecule has 1 unspecified atom stereocenters. The predicted molar refractivity (Wildman–Crippen MR) is 116 cm³/mol. The number of hydrogen-bond donors (Lipinski definition) is 2. The molecule has 1 aliphatic heterocycles. The molecule has 148 valence electrons. The van der Waals surface area contributed by atoms with Crippen LogP contribution in [0.2, 0.25) is 5.02 Å². The van der Waals surface area contributed by atoms with Crippen molar-refractivity contribution in [1.29, 1.82) is 0 Å². The summed E-state index contributed by atoms with van der Waals surface area (Å²) in [6.45, 7) is 0.410. The van der Waals surface area contributed by atoms with E-state index >= 15 is 0 Å². The molecule has 0 radical (unpaired) electrons. The van der Waals surface area contributed by atoms with E-state index in [2.05, 4.69) is 15.6 Å². The third kappa shape index (κ3) is 3.11. The van der Waals surface area contributed by atoms with E-state index in [1.165, 1.54) is 0 Å². The molecule has 6 nitrogen and oxygen atoms in total. The van der Waals surface area contributed by atoms with Crippen molar-refractivity contribution in [3.63, 3.8) is 0 Å². The summed E-state index contributed by atoms with van der Waals surface area (Å²) < 4.78 is 6.07. The Morgan fingerprint density at radius 2 is 1.80 bits per heavy atom. The van der Waals surface area contributed by atoms with Crippen LogP contribution < -0.4 is 26.2 Å². The van der Waals surface area contributed by atoms with Crippen LogP contribution in [0.4, 0.5) is 11.4 Å². The lowest BCUT2D eigenvalue weighted by molar-refractivity contribution is 0.483. The highest BCUT2D eigenvalue weighted by Gasteiger charge is 2.33. The first-order valence-corrected chi connectivity index (χ1v) is 9.78. The minimum atomic E-state index is -0.550. The largest absolute Gasteiger partial charge is 0.455 e. The molecule has 0 amide bonds. The van der Waals surface area contributed by atoms with Gasteiger partial charge in [-0.05, 0) is 42.0 Å². The molecular formula is C23H16ClN3O3. The summed E-state index contributed by atoms with van der Waals surface area (Å²) in [6, 6.07) is 15.9. The van der Waals surface area contributed by atoms with Crippen molar-refractivity contribution in [2.75, 3.05) is 10.6 Å². The van der Waals surface area contributed by atoms with E-state index in [9.17, 15) is 9.59 Å². The average Bonchev–Trinajstić information content (AvgIpc) is 2.93. The van der Waals surface area contributed by atoms with Crippen LogP contribution in [-0.2, 0) is 6.54 Å². The Balaban J connectivity index is 1.57. The van der Waals surface area contributed by atoms with Crippen LogP contribution in [-0.4, -0.2) is 4.98 Å². The molecule has 0 saturated heterocycles. The number of rotatable bonds is 4. The number of ether oxygens (including phenoxy) is 1. The summed E-state index contributed by atoms with van der Waals surface area (Å²) >= 11 is 6.17. The second-order valence-electron chi connectivity index (χ2n) is 7.01. The Kier molecular flexibility index (Phi) is 4.48. The molecule has 1 atom stereocenters. The van der Waals surface area contributed by atoms with Crippen molar-refractivity contribution in [2.45, 2.75) is 12.6 Å². The number of pyridine rings is 1. The first kappa shape index (κ1) is 18.4. The Morgan fingerprint density at radius 1 is 1.00 bits per heavy atom. The van der Waals surface area contributed by atoms with Crippen LogP contribution in [0.5, 0.6) is 11.5 Å². The molecule has 1 aliphatic rings. The number of nitrogens with zero attached hydrogens (tertiary/aromatic N) is 1. The number of anilines is 2. The van der Waals surface area contributed by atoms with Gasteiger partial charge in [0.05, 0.1) is 23.0 Å². The van der Waals surface area contributed by atoms with Crippen molar-refractivity contribution in [2.24, 2.45) is 0 Å². The van der Waals surface area contributed by atoms with Gasteiger partial charge in [0.1, 0.15) is 5.75 Å². The first-order chi connectivity index (χ1) is 14.6. The van der Waals surface area contributed by atoms with Crippen LogP contribution in [0.15, 0.2) is 76.6 Å². The fraction of sp³-hybridized carbons (Fsp3) is 0.0870. The molecule has 4 aromatic rings. The van der Waals surface area contributed by atoms with Gasteiger partial charge < -0.3 is 15.4 Å². The smallest absolute Gasteiger partial charge is 0.249 e. The van der Waals surface area contributed by atoms with Gasteiger partial charge in [0.2, 0.25) is 10.9 Å². The lowest BCUT2D eigenvalue weighted by atomic mass is 9.92. The number of hydrogen-bond acceptors (Lipinski definition) is 6. The summed E-state index contributed by atoms with van der Waals surface area (Å²) in [6.07, 6.45) is 3.36. The molecule has 5 rings (SSSR count). The molecular weight excluding hydrogens is 402 g/mol. The molecule has 2 N–H and O–H groups in total. The summed E-state index contributed by atoms with van der Waals surface area (Å²) in [5, 5.41) is 7.01. The molecule has 1 aromatic heterocycles. The van der Waals surface area contributed by atoms with Crippen molar-refractivity contribution < 1.29 is 4.74 Å². The number of nitrogens with one attached hydrogen (secondary N) is 2. The first-order valence-electron chi connectivity index (χ1n) is 9.40. The van der Waals surface area contributed by atoms with E-state index in [1.54, 1.807) is 30.6 Å². The van der Waals surface area contributed by atoms with Crippen LogP contribution in [0, 0.1) is 0 Å². The summed E-state index contributed by atoms with van der Waals surface area (Å²) in [5.41, 5.74) is 2.05. The lowest BCUT2D eigenvalue weighted by Gasteiger charge is -2.23. The zero-order chi connectivity index (χ0) is 20.7. The molecule has 0 saturated carbocycles. The molecule has 0 aliphatic carbocycles. The van der Waals surface area contributed by atoms with Crippen LogP contribution in [0.25, 0.3) is 0 Å². The van der Waals surface area contributed by atoms with Crippen LogP contribution in [0.3, 0.4) is 0 Å². The van der Waals surface area contributed by atoms with E-state index in [0.29, 0.717) is 40.0 Å². The second-order valence-corrected chi connectivity index (χ2v) is 7.45. The Hall–Kier alpha value is -3.64. The highest BCUT2D eigenvalue weighted by atomic mass is 35.5. The van der Waals surface area contributed by atoms with Gasteiger partial charge in [-0.25, -0.2) is 0 Å². The minimum Gasteiger partial charge on any atom is -0.455 e. The number of para-hydroxylation sites is 1. The van der Waals surface area contributed by atoms with Crippen LogP contribution in [0.1, 0.15) is 22.7 Å². The van der Waals surface area contributed by atoms with Gasteiger partial charge in [0.25, 0.3) is 0 Å². The third-order valence-electron chi connectivity index (χ3n) is 5.15. The Labute approximate surface area is 176 Å². The normalized spacial score (nSPS) is 14.8. The maximum atomic E-state index is 12.6. The monoisotopic (exact) mass is 417 g/mol. The van der Waals surface area contributed by atoms with Crippen molar-refractivity contribution in [3.05, 3.63) is 109 Å². The maximum absolute atomic E-state index is 12.6. The van der Waals surface area contributed by atoms with Gasteiger partial charge >= 0.3 is 0 Å². The number of halogens is 1. The van der Waals surface area contributed by atoms with E-state index < -0.39 is 16.9 Å². The van der Waals surface area contributed by atoms with Crippen LogP contribution >= 0.6 is 11.6 Å². The lowest BCUT2D eigenvalue weighted by Crippen LogP contribution is -2.41. The fourth-order valence-electron chi connectivity index (χ4n) is 3.65. The average molecular weight is 418 g/mol. The van der Waals surface area contributed by atoms with Crippen molar-refractivity contribution in [3.8, 4) is 11.5 Å². The topological polar surface area (TPSA) is 80.3 Å². The van der Waals surface area contributed by atoms with Gasteiger partial charge in [0.15, 0.2) is 5.75 Å². The molecule has 7 heteroatoms. The molecule has 0 fully saturated rings. The van der Waals surface area contributed by atoms with E-state index in [1.807, 2.05) is 36.4 Å². The van der Waals surface area contributed by atoms with Gasteiger partial charge in [-0.1, -0.05) is 29.8 Å². The van der Waals surface area contributed by atoms with Gasteiger partial charge in [-0.2, -0.15) is 0 Å². The van der Waals surface area contributed by atoms with E-state index in [-0.39, 0.29) is 0 Å². The van der Waals surface area contributed by atoms with Crippen molar-refractivity contribution in [1.82, 2.24) is 4.98 Å². The molecule has 0 spiro atoms. The zero-order valence-electron chi connectivity index (χ0n) is 15.7. The SMILES string of the molecule is O=c1c(NCc2ccncc2)c(C2Nc3cc(Cl)ccc3Oc3ccccc32)c1=O. The standard InChI is InChI=1S/C23H16ClN3O3/c24-14-5-6-18-16(11-14)27-20(15-3-1-2-4-17(15)30-18)19-21(23(29)22(19)28)26-12-13-7-9-25-10-8-13/h1-11,20,26-27H,12H2. The number of benzene rings is 2. The zero-order valence-corrected chi connectivity index (χ0v) is 16.4. The van der Waals surface area contributed by atoms with E-state index in [0.717, 1.165) is 11.1 Å². The van der Waals surface area contributed by atoms with Crippen molar-refractivity contribution >= 4 is 23.0 Å². The Bertz CT molecular complexity index is 1310. The number of aromatic nitrogens is 1. The quantitative estimate of drug-likeness (QED) is 0.483. The predicted octanol–water partition coefficient (Wildman–Crippen LogP) is 4.25. The summed E-state index contributed by atoms with van der Waals surface area (Å²) in [4.78, 5) is 29.0. The highest BCUT2D eigenvalue weighted by Crippen LogP contribution is 2.43. The number of fused-ring (bicyclic) bond motifs is 2. The minimum absolute atomic E-state index is 0.314. The summed E-state index contributed by atoms with van der Waals surface area (Å²) in [7, 11) is 0. The molecule has 30 heavy (non-hydrogen) atoms. The molecule has 2 heterocycles. The fourth-order valence-corrected chi connectivity index (χ4v) is 3.82. The third-order valence-corrected chi connectivity index (χ3v) is 5.38. The second kappa shape index (κ2) is 7.31. The van der Waals surface area contributed by atoms with Gasteiger partial charge in [-0.3, -0.25) is 14.6 Å². The van der Waals surface area contributed by atoms with Gasteiger partial charge in [-0.15, -0.1) is 0 Å². The van der Waals surface area contributed by atoms with Gasteiger partial charge in [0, 0.05) is 29.5 Å². The highest BCUT2D eigenvalue weighted by molar-refractivity contribution is 6.31.